The minimum Gasteiger partial charge on any atom is -0.236 e. The fraction of sp³-hybridized carbons (Fsp3) is 0. The molecule has 0 aromatic heterocycles. The molecule has 0 unspecified atom stereocenters. The van der Waals surface area contributed by atoms with E-state index in [1.807, 2.05) is 30.3 Å². The van der Waals surface area contributed by atoms with Gasteiger partial charge in [-0.05, 0) is 24.3 Å². The maximum absolute atomic E-state index is 6.11. The summed E-state index contributed by atoms with van der Waals surface area (Å²) in [6, 6.07) is 14.6. The number of aliphatic imine (C=N–C) groups is 1. The summed E-state index contributed by atoms with van der Waals surface area (Å²) in [6.07, 6.45) is 0. The molecule has 4 heteroatoms. The summed E-state index contributed by atoms with van der Waals surface area (Å²) in [6.45, 7) is 0. The summed E-state index contributed by atoms with van der Waals surface area (Å²) in [5, 5.41) is 1.35. The lowest BCUT2D eigenvalue weighted by atomic mass is 10.2. The van der Waals surface area contributed by atoms with Crippen molar-refractivity contribution in [1.82, 2.24) is 0 Å². The van der Waals surface area contributed by atoms with Crippen LogP contribution < -0.4 is 0 Å². The number of benzene rings is 2. The summed E-state index contributed by atoms with van der Waals surface area (Å²) >= 11 is 17.9. The van der Waals surface area contributed by atoms with Crippen LogP contribution in [0, 0.1) is 0 Å². The summed E-state index contributed by atoms with van der Waals surface area (Å²) in [4.78, 5) is 4.28. The molecule has 86 valence electrons. The monoisotopic (exact) mass is 283 g/mol. The van der Waals surface area contributed by atoms with Crippen LogP contribution in [0.15, 0.2) is 53.5 Å². The molecule has 0 aliphatic heterocycles. The highest BCUT2D eigenvalue weighted by atomic mass is 35.5. The fourth-order valence-electron chi connectivity index (χ4n) is 1.30. The fourth-order valence-corrected chi connectivity index (χ4v) is 1.82. The van der Waals surface area contributed by atoms with Gasteiger partial charge in [0.25, 0.3) is 0 Å². The van der Waals surface area contributed by atoms with Crippen LogP contribution in [-0.2, 0) is 0 Å². The van der Waals surface area contributed by atoms with Crippen molar-refractivity contribution in [3.63, 3.8) is 0 Å². The van der Waals surface area contributed by atoms with Crippen LogP contribution in [-0.4, -0.2) is 5.17 Å². The minimum atomic E-state index is 0.384. The molecule has 0 fully saturated rings. The zero-order valence-corrected chi connectivity index (χ0v) is 11.0. The third-order valence-electron chi connectivity index (χ3n) is 2.14. The summed E-state index contributed by atoms with van der Waals surface area (Å²) in [5.74, 6) is 0. The SMILES string of the molecule is ClC(=Nc1ccccc1)c1ccc(Cl)c(Cl)c1. The third kappa shape index (κ3) is 3.22. The van der Waals surface area contributed by atoms with Crippen molar-refractivity contribution in [3.8, 4) is 0 Å². The van der Waals surface area contributed by atoms with E-state index in [0.29, 0.717) is 15.2 Å². The Morgan fingerprint density at radius 1 is 0.882 bits per heavy atom. The standard InChI is InChI=1S/C13H8Cl3N/c14-11-7-6-9(8-12(11)15)13(16)17-10-4-2-1-3-5-10/h1-8H. The normalized spacial score (nSPS) is 11.6. The van der Waals surface area contributed by atoms with Gasteiger partial charge >= 0.3 is 0 Å². The molecule has 0 spiro atoms. The molecule has 2 aromatic rings. The Morgan fingerprint density at radius 2 is 1.59 bits per heavy atom. The first-order valence-corrected chi connectivity index (χ1v) is 6.05. The van der Waals surface area contributed by atoms with Gasteiger partial charge in [-0.2, -0.15) is 0 Å². The molecule has 0 amide bonds. The molecule has 0 bridgehead atoms. The average Bonchev–Trinajstić information content (AvgIpc) is 2.34. The number of para-hydroxylation sites is 1. The molecule has 2 aromatic carbocycles. The van der Waals surface area contributed by atoms with E-state index in [-0.39, 0.29) is 0 Å². The molecule has 0 aliphatic carbocycles. The molecule has 0 aliphatic rings. The van der Waals surface area contributed by atoms with E-state index in [2.05, 4.69) is 4.99 Å². The lowest BCUT2D eigenvalue weighted by molar-refractivity contribution is 1.52. The quantitative estimate of drug-likeness (QED) is 0.663. The van der Waals surface area contributed by atoms with Crippen LogP contribution in [0.1, 0.15) is 5.56 Å². The van der Waals surface area contributed by atoms with Gasteiger partial charge in [0.2, 0.25) is 0 Å². The molecule has 0 N–H and O–H groups in total. The minimum absolute atomic E-state index is 0.384. The lowest BCUT2D eigenvalue weighted by Gasteiger charge is -2.01. The largest absolute Gasteiger partial charge is 0.236 e. The number of hydrogen-bond acceptors (Lipinski definition) is 1. The predicted molar refractivity (Wildman–Crippen MR) is 75.0 cm³/mol. The zero-order valence-electron chi connectivity index (χ0n) is 8.70. The van der Waals surface area contributed by atoms with Crippen molar-refractivity contribution in [2.24, 2.45) is 4.99 Å². The molecule has 0 radical (unpaired) electrons. The second-order valence-corrected chi connectivity index (χ2v) is 4.54. The van der Waals surface area contributed by atoms with Crippen LogP contribution in [0.25, 0.3) is 0 Å². The molecule has 0 heterocycles. The van der Waals surface area contributed by atoms with Crippen molar-refractivity contribution in [2.75, 3.05) is 0 Å². The van der Waals surface area contributed by atoms with Crippen LogP contribution in [0.4, 0.5) is 5.69 Å². The van der Waals surface area contributed by atoms with Gasteiger partial charge in [-0.1, -0.05) is 59.1 Å². The highest BCUT2D eigenvalue weighted by Gasteiger charge is 2.04. The molecule has 1 nitrogen and oxygen atoms in total. The second kappa shape index (κ2) is 5.54. The number of rotatable bonds is 2. The molecule has 0 saturated heterocycles. The maximum atomic E-state index is 6.11. The van der Waals surface area contributed by atoms with Crippen molar-refractivity contribution < 1.29 is 0 Å². The smallest absolute Gasteiger partial charge is 0.136 e. The Hall–Kier alpha value is -1.02. The average molecular weight is 285 g/mol. The number of nitrogens with zero attached hydrogens (tertiary/aromatic N) is 1. The maximum Gasteiger partial charge on any atom is 0.136 e. The Kier molecular flexibility index (Phi) is 4.06. The molecule has 0 atom stereocenters. The number of hydrogen-bond donors (Lipinski definition) is 0. The highest BCUT2D eigenvalue weighted by Crippen LogP contribution is 2.24. The Bertz CT molecular complexity index is 550. The highest BCUT2D eigenvalue weighted by molar-refractivity contribution is 6.70. The van der Waals surface area contributed by atoms with Crippen molar-refractivity contribution in [1.29, 1.82) is 0 Å². The molecule has 17 heavy (non-hydrogen) atoms. The zero-order chi connectivity index (χ0) is 12.3. The van der Waals surface area contributed by atoms with Gasteiger partial charge < -0.3 is 0 Å². The molecule has 0 saturated carbocycles. The van der Waals surface area contributed by atoms with E-state index in [0.717, 1.165) is 11.3 Å². The van der Waals surface area contributed by atoms with Crippen molar-refractivity contribution in [2.45, 2.75) is 0 Å². The Morgan fingerprint density at radius 3 is 2.24 bits per heavy atom. The lowest BCUT2D eigenvalue weighted by Crippen LogP contribution is -1.90. The topological polar surface area (TPSA) is 12.4 Å². The van der Waals surface area contributed by atoms with Crippen LogP contribution in [0.3, 0.4) is 0 Å². The predicted octanol–water partition coefficient (Wildman–Crippen LogP) is 5.31. The van der Waals surface area contributed by atoms with E-state index in [4.69, 9.17) is 34.8 Å². The van der Waals surface area contributed by atoms with Gasteiger partial charge in [0, 0.05) is 5.56 Å². The molecular formula is C13H8Cl3N. The van der Waals surface area contributed by atoms with Gasteiger partial charge in [0.05, 0.1) is 15.7 Å². The Balaban J connectivity index is 2.34. The van der Waals surface area contributed by atoms with Crippen molar-refractivity contribution >= 4 is 45.7 Å². The first-order chi connectivity index (χ1) is 8.16. The number of halogens is 3. The second-order valence-electron chi connectivity index (χ2n) is 3.37. The summed E-state index contributed by atoms with van der Waals surface area (Å²) in [7, 11) is 0. The van der Waals surface area contributed by atoms with Crippen LogP contribution in [0.2, 0.25) is 10.0 Å². The molecule has 2 rings (SSSR count). The van der Waals surface area contributed by atoms with E-state index in [1.165, 1.54) is 0 Å². The summed E-state index contributed by atoms with van der Waals surface area (Å²) < 4.78 is 0. The van der Waals surface area contributed by atoms with Gasteiger partial charge in [0.15, 0.2) is 0 Å². The van der Waals surface area contributed by atoms with E-state index in [9.17, 15) is 0 Å². The third-order valence-corrected chi connectivity index (χ3v) is 3.18. The van der Waals surface area contributed by atoms with Gasteiger partial charge in [-0.15, -0.1) is 0 Å². The van der Waals surface area contributed by atoms with Gasteiger partial charge in [-0.25, -0.2) is 4.99 Å². The van der Waals surface area contributed by atoms with Crippen LogP contribution >= 0.6 is 34.8 Å². The van der Waals surface area contributed by atoms with Gasteiger partial charge in [0.1, 0.15) is 5.17 Å². The summed E-state index contributed by atoms with van der Waals surface area (Å²) in [5.41, 5.74) is 1.54. The first-order valence-electron chi connectivity index (χ1n) is 4.91. The van der Waals surface area contributed by atoms with Gasteiger partial charge in [-0.3, -0.25) is 0 Å². The molecular weight excluding hydrogens is 277 g/mol. The van der Waals surface area contributed by atoms with Crippen molar-refractivity contribution in [3.05, 3.63) is 64.1 Å². The van der Waals surface area contributed by atoms with E-state index in [1.54, 1.807) is 18.2 Å². The van der Waals surface area contributed by atoms with E-state index >= 15 is 0 Å². The van der Waals surface area contributed by atoms with E-state index < -0.39 is 0 Å². The Labute approximate surface area is 115 Å². The van der Waals surface area contributed by atoms with Crippen LogP contribution in [0.5, 0.6) is 0 Å². The first kappa shape index (κ1) is 12.4.